The molecular formula is C17H17ClN2O4S. The zero-order valence-electron chi connectivity index (χ0n) is 13.4. The highest BCUT2D eigenvalue weighted by atomic mass is 35.5. The molecule has 0 aromatic heterocycles. The van der Waals surface area contributed by atoms with Crippen LogP contribution in [-0.4, -0.2) is 29.3 Å². The number of nitrogens with one attached hydrogen (secondary N) is 2. The summed E-state index contributed by atoms with van der Waals surface area (Å²) in [6, 6.07) is 11.4. The van der Waals surface area contributed by atoms with E-state index in [-0.39, 0.29) is 23.0 Å². The summed E-state index contributed by atoms with van der Waals surface area (Å²) in [5, 5.41) is 9.94. The summed E-state index contributed by atoms with van der Waals surface area (Å²) in [5.74, 6) is -0.367. The second kappa shape index (κ2) is 9.19. The SMILES string of the molecule is CCOc1ccc(SCC(=O)NNC(=O)c2cc(Cl)ccc2O)cc1. The van der Waals surface area contributed by atoms with E-state index in [0.717, 1.165) is 10.6 Å². The van der Waals surface area contributed by atoms with E-state index in [4.69, 9.17) is 16.3 Å². The zero-order valence-corrected chi connectivity index (χ0v) is 15.0. The topological polar surface area (TPSA) is 87.7 Å². The van der Waals surface area contributed by atoms with Crippen molar-refractivity contribution in [3.05, 3.63) is 53.1 Å². The maximum atomic E-state index is 11.9. The molecule has 0 bridgehead atoms. The molecule has 0 radical (unpaired) electrons. The minimum absolute atomic E-state index is 0.0213. The van der Waals surface area contributed by atoms with E-state index in [1.165, 1.54) is 30.0 Å². The van der Waals surface area contributed by atoms with Gasteiger partial charge < -0.3 is 9.84 Å². The first kappa shape index (κ1) is 19.0. The number of benzene rings is 2. The molecule has 3 N–H and O–H groups in total. The average molecular weight is 381 g/mol. The molecule has 6 nitrogen and oxygen atoms in total. The number of ether oxygens (including phenoxy) is 1. The van der Waals surface area contributed by atoms with Gasteiger partial charge in [-0.05, 0) is 49.4 Å². The third-order valence-corrected chi connectivity index (χ3v) is 4.27. The monoisotopic (exact) mass is 380 g/mol. The first-order chi connectivity index (χ1) is 12.0. The summed E-state index contributed by atoms with van der Waals surface area (Å²) in [6.45, 7) is 2.50. The van der Waals surface area contributed by atoms with Gasteiger partial charge >= 0.3 is 0 Å². The summed E-state index contributed by atoms with van der Waals surface area (Å²) >= 11 is 7.10. The standard InChI is InChI=1S/C17H17ClN2O4S/c1-2-24-12-4-6-13(7-5-12)25-10-16(22)19-20-17(23)14-9-11(18)3-8-15(14)21/h3-9,21H,2,10H2,1H3,(H,19,22)(H,20,23). The van der Waals surface area contributed by atoms with Crippen molar-refractivity contribution in [2.24, 2.45) is 0 Å². The van der Waals surface area contributed by atoms with Crippen LogP contribution in [0, 0.1) is 0 Å². The molecule has 0 aliphatic heterocycles. The second-order valence-electron chi connectivity index (χ2n) is 4.86. The van der Waals surface area contributed by atoms with Crippen LogP contribution in [0.3, 0.4) is 0 Å². The molecule has 2 rings (SSSR count). The number of aromatic hydroxyl groups is 1. The quantitative estimate of drug-likeness (QED) is 0.529. The van der Waals surface area contributed by atoms with Crippen LogP contribution >= 0.6 is 23.4 Å². The highest BCUT2D eigenvalue weighted by Gasteiger charge is 2.12. The van der Waals surface area contributed by atoms with Crippen molar-refractivity contribution in [1.29, 1.82) is 0 Å². The Kier molecular flexibility index (Phi) is 6.97. The molecular weight excluding hydrogens is 364 g/mol. The predicted octanol–water partition coefficient (Wildman–Crippen LogP) is 3.00. The van der Waals surface area contributed by atoms with Crippen LogP contribution in [0.25, 0.3) is 0 Å². The smallest absolute Gasteiger partial charge is 0.273 e. The lowest BCUT2D eigenvalue weighted by Crippen LogP contribution is -2.42. The molecule has 0 aliphatic carbocycles. The van der Waals surface area contributed by atoms with Crippen molar-refractivity contribution in [3.63, 3.8) is 0 Å². The van der Waals surface area contributed by atoms with E-state index in [1.807, 2.05) is 31.2 Å². The molecule has 25 heavy (non-hydrogen) atoms. The predicted molar refractivity (Wildman–Crippen MR) is 97.1 cm³/mol. The Bertz CT molecular complexity index is 753. The lowest BCUT2D eigenvalue weighted by molar-refractivity contribution is -0.119. The number of phenols is 1. The van der Waals surface area contributed by atoms with Gasteiger partial charge in [-0.3, -0.25) is 20.4 Å². The first-order valence-corrected chi connectivity index (χ1v) is 8.79. The van der Waals surface area contributed by atoms with Crippen LogP contribution < -0.4 is 15.6 Å². The molecule has 132 valence electrons. The summed E-state index contributed by atoms with van der Waals surface area (Å²) in [7, 11) is 0. The van der Waals surface area contributed by atoms with Crippen LogP contribution in [0.2, 0.25) is 5.02 Å². The Hall–Kier alpha value is -2.38. The van der Waals surface area contributed by atoms with Gasteiger partial charge in [-0.1, -0.05) is 11.6 Å². The molecule has 8 heteroatoms. The fraction of sp³-hybridized carbons (Fsp3) is 0.176. The Morgan fingerprint density at radius 2 is 1.88 bits per heavy atom. The lowest BCUT2D eigenvalue weighted by atomic mass is 10.2. The van der Waals surface area contributed by atoms with Crippen molar-refractivity contribution in [2.45, 2.75) is 11.8 Å². The van der Waals surface area contributed by atoms with Gasteiger partial charge in [0.1, 0.15) is 11.5 Å². The third-order valence-electron chi connectivity index (χ3n) is 3.02. The first-order valence-electron chi connectivity index (χ1n) is 7.43. The van der Waals surface area contributed by atoms with E-state index in [2.05, 4.69) is 10.9 Å². The number of hydrogen-bond donors (Lipinski definition) is 3. The average Bonchev–Trinajstić information content (AvgIpc) is 2.61. The van der Waals surface area contributed by atoms with Crippen molar-refractivity contribution in [1.82, 2.24) is 10.9 Å². The Morgan fingerprint density at radius 3 is 2.56 bits per heavy atom. The molecule has 0 atom stereocenters. The molecule has 0 saturated heterocycles. The summed E-state index contributed by atoms with van der Waals surface area (Å²) < 4.78 is 5.35. The van der Waals surface area contributed by atoms with Gasteiger partial charge in [0.05, 0.1) is 17.9 Å². The van der Waals surface area contributed by atoms with Gasteiger partial charge in [-0.2, -0.15) is 0 Å². The minimum atomic E-state index is -0.653. The van der Waals surface area contributed by atoms with Gasteiger partial charge in [0.25, 0.3) is 5.91 Å². The third kappa shape index (κ3) is 5.88. The molecule has 0 aliphatic rings. The summed E-state index contributed by atoms with van der Waals surface area (Å²) in [6.07, 6.45) is 0. The molecule has 0 spiro atoms. The van der Waals surface area contributed by atoms with Gasteiger partial charge in [0.2, 0.25) is 5.91 Å². The van der Waals surface area contributed by atoms with E-state index in [9.17, 15) is 14.7 Å². The largest absolute Gasteiger partial charge is 0.507 e. The number of phenolic OH excluding ortho intramolecular Hbond substituents is 1. The molecule has 2 amide bonds. The maximum Gasteiger partial charge on any atom is 0.273 e. The van der Waals surface area contributed by atoms with Crippen LogP contribution in [0.15, 0.2) is 47.4 Å². The van der Waals surface area contributed by atoms with Crippen LogP contribution in [-0.2, 0) is 4.79 Å². The number of rotatable bonds is 6. The number of carbonyl (C=O) groups excluding carboxylic acids is 2. The van der Waals surface area contributed by atoms with Crippen LogP contribution in [0.4, 0.5) is 0 Å². The molecule has 0 saturated carbocycles. The van der Waals surface area contributed by atoms with Crippen molar-refractivity contribution < 1.29 is 19.4 Å². The van der Waals surface area contributed by atoms with Gasteiger partial charge in [0.15, 0.2) is 0 Å². The molecule has 0 unspecified atom stereocenters. The number of carbonyl (C=O) groups is 2. The summed E-state index contributed by atoms with van der Waals surface area (Å²) in [5.41, 5.74) is 4.51. The van der Waals surface area contributed by atoms with E-state index >= 15 is 0 Å². The normalized spacial score (nSPS) is 10.2. The summed E-state index contributed by atoms with van der Waals surface area (Å²) in [4.78, 5) is 24.6. The van der Waals surface area contributed by atoms with Gasteiger partial charge in [0, 0.05) is 9.92 Å². The minimum Gasteiger partial charge on any atom is -0.507 e. The molecule has 2 aromatic carbocycles. The second-order valence-corrected chi connectivity index (χ2v) is 6.34. The highest BCUT2D eigenvalue weighted by molar-refractivity contribution is 8.00. The van der Waals surface area contributed by atoms with Gasteiger partial charge in [-0.15, -0.1) is 11.8 Å². The van der Waals surface area contributed by atoms with Crippen LogP contribution in [0.5, 0.6) is 11.5 Å². The molecule has 2 aromatic rings. The fourth-order valence-electron chi connectivity index (χ4n) is 1.87. The highest BCUT2D eigenvalue weighted by Crippen LogP contribution is 2.22. The van der Waals surface area contributed by atoms with E-state index in [1.54, 1.807) is 0 Å². The van der Waals surface area contributed by atoms with Crippen molar-refractivity contribution in [2.75, 3.05) is 12.4 Å². The Labute approximate surface area is 154 Å². The van der Waals surface area contributed by atoms with Crippen molar-refractivity contribution >= 4 is 35.2 Å². The molecule has 0 heterocycles. The zero-order chi connectivity index (χ0) is 18.2. The van der Waals surface area contributed by atoms with Gasteiger partial charge in [-0.25, -0.2) is 0 Å². The van der Waals surface area contributed by atoms with E-state index in [0.29, 0.717) is 11.6 Å². The fourth-order valence-corrected chi connectivity index (χ4v) is 2.74. The maximum absolute atomic E-state index is 11.9. The molecule has 0 fully saturated rings. The van der Waals surface area contributed by atoms with Crippen molar-refractivity contribution in [3.8, 4) is 11.5 Å². The number of hydrogen-bond acceptors (Lipinski definition) is 5. The number of thioether (sulfide) groups is 1. The van der Waals surface area contributed by atoms with Crippen LogP contribution in [0.1, 0.15) is 17.3 Å². The number of amides is 2. The Balaban J connectivity index is 1.80. The van der Waals surface area contributed by atoms with E-state index < -0.39 is 5.91 Å². The lowest BCUT2D eigenvalue weighted by Gasteiger charge is -2.09. The number of halogens is 1. The Morgan fingerprint density at radius 1 is 1.16 bits per heavy atom. The number of hydrazine groups is 1.